The van der Waals surface area contributed by atoms with Crippen molar-refractivity contribution in [2.24, 2.45) is 0 Å². The normalized spacial score (nSPS) is 11.7. The number of thiazole rings is 1. The van der Waals surface area contributed by atoms with Crippen LogP contribution in [0, 0.1) is 0 Å². The molecule has 2 aromatic carbocycles. The molecule has 0 atom stereocenters. The van der Waals surface area contributed by atoms with Gasteiger partial charge in [-0.1, -0.05) is 53.4 Å². The molecule has 0 bridgehead atoms. The van der Waals surface area contributed by atoms with Gasteiger partial charge in [0.15, 0.2) is 0 Å². The Bertz CT molecular complexity index is 1030. The van der Waals surface area contributed by atoms with Gasteiger partial charge in [0, 0.05) is 12.3 Å². The van der Waals surface area contributed by atoms with Crippen LogP contribution in [-0.2, 0) is 23.2 Å². The summed E-state index contributed by atoms with van der Waals surface area (Å²) in [6.07, 6.45) is -3.76. The minimum Gasteiger partial charge on any atom is -0.479 e. The Labute approximate surface area is 173 Å². The first-order valence-corrected chi connectivity index (χ1v) is 10.6. The molecular weight excluding hydrogens is 427 g/mol. The summed E-state index contributed by atoms with van der Waals surface area (Å²) >= 11 is 7.51. The van der Waals surface area contributed by atoms with Crippen LogP contribution in [0.15, 0.2) is 53.3 Å². The van der Waals surface area contributed by atoms with Gasteiger partial charge in [0.2, 0.25) is 4.38 Å². The van der Waals surface area contributed by atoms with Crippen molar-refractivity contribution in [1.82, 2.24) is 4.57 Å². The van der Waals surface area contributed by atoms with Gasteiger partial charge in [-0.15, -0.1) is 0 Å². The highest BCUT2D eigenvalue weighted by Crippen LogP contribution is 2.30. The predicted molar refractivity (Wildman–Crippen MR) is 112 cm³/mol. The van der Waals surface area contributed by atoms with Crippen molar-refractivity contribution in [2.75, 3.05) is 6.61 Å². The number of hydrogen-bond donors (Lipinski definition) is 0. The molecule has 3 aromatic rings. The molecule has 0 aliphatic rings. The monoisotopic (exact) mass is 443 g/mol. The molecule has 9 heteroatoms. The lowest BCUT2D eigenvalue weighted by atomic mass is 10.1. The first-order chi connectivity index (χ1) is 13.3. The number of aromatic nitrogens is 1. The number of aryl methyl sites for hydroxylation is 1. The molecule has 0 fully saturated rings. The van der Waals surface area contributed by atoms with E-state index in [1.165, 1.54) is 29.2 Å². The fourth-order valence-electron chi connectivity index (χ4n) is 2.63. The van der Waals surface area contributed by atoms with Gasteiger partial charge >= 0.3 is 11.0 Å². The summed E-state index contributed by atoms with van der Waals surface area (Å²) in [5.41, 5.74) is 0.756. The molecule has 0 saturated heterocycles. The van der Waals surface area contributed by atoms with Crippen LogP contribution >= 0.6 is 35.3 Å². The summed E-state index contributed by atoms with van der Waals surface area (Å²) in [6, 6.07) is 12.8. The maximum absolute atomic E-state index is 12.7. The highest BCUT2D eigenvalue weighted by molar-refractivity contribution is 8.22. The minimum absolute atomic E-state index is 0.0114. The van der Waals surface area contributed by atoms with Crippen LogP contribution in [0.2, 0.25) is 0 Å². The molecule has 0 saturated carbocycles. The lowest BCUT2D eigenvalue weighted by molar-refractivity contribution is -0.137. The molecule has 0 aliphatic heterocycles. The molecule has 3 nitrogen and oxygen atoms in total. The zero-order valence-electron chi connectivity index (χ0n) is 14.6. The summed E-state index contributed by atoms with van der Waals surface area (Å²) in [6.45, 7) is 0.856. The first kappa shape index (κ1) is 20.9. The van der Waals surface area contributed by atoms with E-state index >= 15 is 0 Å². The van der Waals surface area contributed by atoms with Crippen LogP contribution in [0.3, 0.4) is 0 Å². The van der Waals surface area contributed by atoms with Crippen molar-refractivity contribution in [2.45, 2.75) is 24.9 Å². The van der Waals surface area contributed by atoms with Gasteiger partial charge in [0.05, 0.1) is 22.4 Å². The van der Waals surface area contributed by atoms with Crippen molar-refractivity contribution >= 4 is 49.9 Å². The Balaban J connectivity index is 1.45. The second kappa shape index (κ2) is 9.11. The van der Waals surface area contributed by atoms with E-state index in [1.807, 2.05) is 24.3 Å². The lowest BCUT2D eigenvalue weighted by Gasteiger charge is -2.10. The molecule has 1 aromatic heterocycles. The van der Waals surface area contributed by atoms with Crippen LogP contribution < -0.4 is 4.87 Å². The van der Waals surface area contributed by atoms with Crippen molar-refractivity contribution in [1.29, 1.82) is 0 Å². The molecule has 1 heterocycles. The van der Waals surface area contributed by atoms with Gasteiger partial charge in [0.1, 0.15) is 0 Å². The molecule has 148 valence electrons. The van der Waals surface area contributed by atoms with Crippen LogP contribution in [0.4, 0.5) is 13.2 Å². The third kappa shape index (κ3) is 5.36. The first-order valence-electron chi connectivity index (χ1n) is 8.38. The van der Waals surface area contributed by atoms with Gasteiger partial charge in [-0.25, -0.2) is 0 Å². The number of halogens is 3. The van der Waals surface area contributed by atoms with E-state index in [4.69, 9.17) is 17.0 Å². The molecule has 0 aliphatic carbocycles. The summed E-state index contributed by atoms with van der Waals surface area (Å²) in [5, 5.41) is 0. The average molecular weight is 444 g/mol. The number of alkyl halides is 3. The zero-order valence-corrected chi connectivity index (χ0v) is 17.0. The molecular formula is C19H16F3NO2S3. The van der Waals surface area contributed by atoms with E-state index in [9.17, 15) is 18.0 Å². The average Bonchev–Trinajstić information content (AvgIpc) is 2.98. The number of ether oxygens (including phenoxy) is 1. The van der Waals surface area contributed by atoms with Crippen LogP contribution in [-0.4, -0.2) is 15.6 Å². The second-order valence-electron chi connectivity index (χ2n) is 5.93. The number of rotatable bonds is 6. The van der Waals surface area contributed by atoms with Gasteiger partial charge < -0.3 is 4.74 Å². The van der Waals surface area contributed by atoms with Crippen molar-refractivity contribution in [3.05, 3.63) is 69.3 Å². The molecule has 0 N–H and O–H groups in total. The maximum Gasteiger partial charge on any atom is 0.416 e. The number of benzene rings is 2. The fraction of sp³-hybridized carbons (Fsp3) is 0.263. The Hall–Kier alpha value is -1.84. The molecule has 0 spiro atoms. The van der Waals surface area contributed by atoms with E-state index in [2.05, 4.69) is 0 Å². The minimum atomic E-state index is -4.36. The number of fused-ring (bicyclic) bond motifs is 1. The summed E-state index contributed by atoms with van der Waals surface area (Å²) in [5.74, 6) is 0.303. The van der Waals surface area contributed by atoms with Crippen molar-refractivity contribution in [3.63, 3.8) is 0 Å². The third-order valence-corrected chi connectivity index (χ3v) is 6.19. The topological polar surface area (TPSA) is 31.2 Å². The van der Waals surface area contributed by atoms with E-state index < -0.39 is 11.7 Å². The Morgan fingerprint density at radius 3 is 2.75 bits per heavy atom. The molecule has 3 rings (SSSR count). The van der Waals surface area contributed by atoms with E-state index in [1.54, 1.807) is 10.6 Å². The molecule has 0 unspecified atom stereocenters. The Kier molecular flexibility index (Phi) is 6.79. The van der Waals surface area contributed by atoms with Crippen LogP contribution in [0.5, 0.6) is 0 Å². The molecule has 0 amide bonds. The highest BCUT2D eigenvalue weighted by Gasteiger charge is 2.30. The Morgan fingerprint density at radius 1 is 1.18 bits per heavy atom. The number of thioether (sulfide) groups is 1. The smallest absolute Gasteiger partial charge is 0.416 e. The maximum atomic E-state index is 12.7. The summed E-state index contributed by atoms with van der Waals surface area (Å²) < 4.78 is 46.6. The van der Waals surface area contributed by atoms with Gasteiger partial charge in [0.25, 0.3) is 0 Å². The predicted octanol–water partition coefficient (Wildman–Crippen LogP) is 5.71. The highest BCUT2D eigenvalue weighted by atomic mass is 32.2. The number of para-hydroxylation sites is 1. The standard InChI is InChI=1S/C19H16F3NO2S3/c20-19(21,22)14-6-3-5-13(11-14)12-27-18(26)25-10-4-9-23-15-7-1-2-8-16(15)28-17(23)24/h1-3,5-8,11H,4,9-10,12H2. The van der Waals surface area contributed by atoms with E-state index in [0.29, 0.717) is 30.9 Å². The lowest BCUT2D eigenvalue weighted by Crippen LogP contribution is -2.14. The summed E-state index contributed by atoms with van der Waals surface area (Å²) in [4.78, 5) is 12.0. The van der Waals surface area contributed by atoms with Crippen LogP contribution in [0.1, 0.15) is 17.5 Å². The Morgan fingerprint density at radius 2 is 1.96 bits per heavy atom. The molecule has 28 heavy (non-hydrogen) atoms. The van der Waals surface area contributed by atoms with E-state index in [0.717, 1.165) is 22.3 Å². The van der Waals surface area contributed by atoms with Gasteiger partial charge in [-0.3, -0.25) is 9.36 Å². The van der Waals surface area contributed by atoms with Crippen molar-refractivity contribution in [3.8, 4) is 0 Å². The fourth-order valence-corrected chi connectivity index (χ4v) is 4.43. The third-order valence-electron chi connectivity index (χ3n) is 3.93. The van der Waals surface area contributed by atoms with Crippen molar-refractivity contribution < 1.29 is 17.9 Å². The number of nitrogens with zero attached hydrogens (tertiary/aromatic N) is 1. The summed E-state index contributed by atoms with van der Waals surface area (Å²) in [7, 11) is 0. The van der Waals surface area contributed by atoms with Gasteiger partial charge in [-0.2, -0.15) is 13.2 Å². The zero-order chi connectivity index (χ0) is 20.1. The van der Waals surface area contributed by atoms with E-state index in [-0.39, 0.29) is 9.26 Å². The largest absolute Gasteiger partial charge is 0.479 e. The van der Waals surface area contributed by atoms with Gasteiger partial charge in [-0.05, 0) is 42.4 Å². The SMILES string of the molecule is O=c1sc2ccccc2n1CCCOC(=S)SCc1cccc(C(F)(F)F)c1. The number of hydrogen-bond acceptors (Lipinski definition) is 5. The quantitative estimate of drug-likeness (QED) is 0.361. The van der Waals surface area contributed by atoms with Crippen LogP contribution in [0.25, 0.3) is 10.2 Å². The second-order valence-corrected chi connectivity index (χ2v) is 8.50. The molecule has 0 radical (unpaired) electrons. The number of thiocarbonyl (C=S) groups is 1.